The van der Waals surface area contributed by atoms with Crippen LogP contribution in [0.1, 0.15) is 6.42 Å². The Bertz CT molecular complexity index is 193. The Morgan fingerprint density at radius 1 is 1.67 bits per heavy atom. The number of rotatable bonds is 2. The normalized spacial score (nSPS) is 39.2. The van der Waals surface area contributed by atoms with Gasteiger partial charge in [-0.25, -0.2) is 0 Å². The molecule has 2 aliphatic heterocycles. The van der Waals surface area contributed by atoms with E-state index < -0.39 is 0 Å². The third-order valence-electron chi connectivity index (χ3n) is 2.78. The lowest BCUT2D eigenvalue weighted by molar-refractivity contribution is 0.0816. The van der Waals surface area contributed by atoms with Gasteiger partial charge in [-0.3, -0.25) is 0 Å². The summed E-state index contributed by atoms with van der Waals surface area (Å²) in [7, 11) is 1.71. The number of aliphatic hydroxyl groups excluding tert-OH is 1. The lowest BCUT2D eigenvalue weighted by Gasteiger charge is -2.23. The van der Waals surface area contributed by atoms with Crippen molar-refractivity contribution in [3.8, 4) is 0 Å². The Morgan fingerprint density at radius 2 is 2.50 bits per heavy atom. The summed E-state index contributed by atoms with van der Waals surface area (Å²) in [6, 6.07) is 0.282. The molecule has 0 aliphatic carbocycles. The maximum atomic E-state index is 9.66. The van der Waals surface area contributed by atoms with E-state index in [1.165, 1.54) is 0 Å². The number of fused-ring (bicyclic) bond motifs is 1. The molecule has 1 N–H and O–H groups in total. The van der Waals surface area contributed by atoms with Gasteiger partial charge in [0, 0.05) is 19.6 Å². The van der Waals surface area contributed by atoms with E-state index in [0.717, 1.165) is 13.0 Å². The molecule has 0 spiro atoms. The fourth-order valence-corrected chi connectivity index (χ4v) is 2.21. The summed E-state index contributed by atoms with van der Waals surface area (Å²) in [5.74, 6) is 0.382. The lowest BCUT2D eigenvalue weighted by atomic mass is 9.99. The summed E-state index contributed by atoms with van der Waals surface area (Å²) in [5, 5.41) is 9.66. The monoisotopic (exact) mass is 169 g/mol. The van der Waals surface area contributed by atoms with E-state index in [1.54, 1.807) is 7.11 Å². The van der Waals surface area contributed by atoms with E-state index in [0.29, 0.717) is 12.5 Å². The van der Waals surface area contributed by atoms with E-state index in [9.17, 15) is 5.11 Å². The molecule has 68 valence electrons. The first kappa shape index (κ1) is 8.08. The fraction of sp³-hybridized carbons (Fsp3) is 0.778. The van der Waals surface area contributed by atoms with Crippen molar-refractivity contribution in [2.24, 2.45) is 5.92 Å². The van der Waals surface area contributed by atoms with E-state index in [-0.39, 0.29) is 12.1 Å². The van der Waals surface area contributed by atoms with Gasteiger partial charge in [-0.1, -0.05) is 6.08 Å². The third-order valence-corrected chi connectivity index (χ3v) is 2.78. The summed E-state index contributed by atoms with van der Waals surface area (Å²) >= 11 is 0. The van der Waals surface area contributed by atoms with E-state index in [4.69, 9.17) is 4.74 Å². The highest BCUT2D eigenvalue weighted by Gasteiger charge is 2.39. The van der Waals surface area contributed by atoms with Gasteiger partial charge in [-0.2, -0.15) is 0 Å². The molecule has 0 aromatic heterocycles. The Hall–Kier alpha value is -0.540. The van der Waals surface area contributed by atoms with Crippen molar-refractivity contribution in [1.29, 1.82) is 0 Å². The Kier molecular flexibility index (Phi) is 2.07. The van der Waals surface area contributed by atoms with Gasteiger partial charge in [0.15, 0.2) is 0 Å². The molecule has 3 atom stereocenters. The average Bonchev–Trinajstić information content (AvgIpc) is 2.58. The predicted molar refractivity (Wildman–Crippen MR) is 45.6 cm³/mol. The van der Waals surface area contributed by atoms with Gasteiger partial charge in [0.1, 0.15) is 0 Å². The molecule has 1 fully saturated rings. The minimum absolute atomic E-state index is 0.167. The van der Waals surface area contributed by atoms with Gasteiger partial charge >= 0.3 is 0 Å². The van der Waals surface area contributed by atoms with Crippen molar-refractivity contribution < 1.29 is 9.84 Å². The quantitative estimate of drug-likeness (QED) is 0.641. The highest BCUT2D eigenvalue weighted by atomic mass is 16.5. The number of aliphatic hydroxyl groups is 1. The zero-order valence-corrected chi connectivity index (χ0v) is 7.31. The zero-order valence-electron chi connectivity index (χ0n) is 7.31. The molecule has 3 heteroatoms. The average molecular weight is 169 g/mol. The summed E-state index contributed by atoms with van der Waals surface area (Å²) < 4.78 is 5.09. The Morgan fingerprint density at radius 3 is 3.25 bits per heavy atom. The maximum Gasteiger partial charge on any atom is 0.0766 e. The molecule has 2 aliphatic rings. The summed E-state index contributed by atoms with van der Waals surface area (Å²) in [4.78, 5) is 2.22. The van der Waals surface area contributed by atoms with E-state index in [1.807, 2.05) is 0 Å². The van der Waals surface area contributed by atoms with Crippen LogP contribution >= 0.6 is 0 Å². The molecule has 1 saturated heterocycles. The van der Waals surface area contributed by atoms with Crippen molar-refractivity contribution >= 4 is 0 Å². The summed E-state index contributed by atoms with van der Waals surface area (Å²) in [6.45, 7) is 1.71. The second-order valence-electron chi connectivity index (χ2n) is 3.55. The van der Waals surface area contributed by atoms with Crippen molar-refractivity contribution in [2.75, 3.05) is 20.3 Å². The van der Waals surface area contributed by atoms with Crippen LogP contribution in [0.5, 0.6) is 0 Å². The van der Waals surface area contributed by atoms with Crippen LogP contribution in [0.2, 0.25) is 0 Å². The van der Waals surface area contributed by atoms with Crippen LogP contribution < -0.4 is 0 Å². The molecular formula is C9H15NO2. The van der Waals surface area contributed by atoms with Gasteiger partial charge in [0.05, 0.1) is 18.8 Å². The Labute approximate surface area is 72.6 Å². The minimum Gasteiger partial charge on any atom is -0.391 e. The smallest absolute Gasteiger partial charge is 0.0766 e. The third kappa shape index (κ3) is 1.13. The summed E-state index contributed by atoms with van der Waals surface area (Å²) in [6.07, 6.45) is 4.95. The van der Waals surface area contributed by atoms with Crippen LogP contribution in [-0.4, -0.2) is 42.4 Å². The van der Waals surface area contributed by atoms with Crippen molar-refractivity contribution in [3.05, 3.63) is 12.3 Å². The zero-order chi connectivity index (χ0) is 8.55. The number of hydrogen-bond acceptors (Lipinski definition) is 3. The van der Waals surface area contributed by atoms with Gasteiger partial charge in [-0.15, -0.1) is 0 Å². The topological polar surface area (TPSA) is 32.7 Å². The highest BCUT2D eigenvalue weighted by Crippen LogP contribution is 2.30. The number of methoxy groups -OCH3 is 1. The van der Waals surface area contributed by atoms with Crippen LogP contribution in [-0.2, 0) is 4.74 Å². The van der Waals surface area contributed by atoms with Gasteiger partial charge in [0.25, 0.3) is 0 Å². The number of hydrogen-bond donors (Lipinski definition) is 1. The minimum atomic E-state index is -0.167. The van der Waals surface area contributed by atoms with Crippen LogP contribution in [0.15, 0.2) is 12.3 Å². The number of ether oxygens (including phenoxy) is 1. The standard InChI is InChI=1S/C9H15NO2/c1-12-6-7-2-4-10-5-3-8(11)9(7)10/h2,4,7-9,11H,3,5-6H2,1H3/t7?,8-,9?/m0/s1. The van der Waals surface area contributed by atoms with Crippen molar-refractivity contribution in [2.45, 2.75) is 18.6 Å². The summed E-state index contributed by atoms with van der Waals surface area (Å²) in [5.41, 5.74) is 0. The largest absolute Gasteiger partial charge is 0.391 e. The van der Waals surface area contributed by atoms with Gasteiger partial charge < -0.3 is 14.7 Å². The Balaban J connectivity index is 2.04. The first-order chi connectivity index (χ1) is 5.83. The molecule has 2 rings (SSSR count). The highest BCUT2D eigenvalue weighted by molar-refractivity contribution is 5.10. The molecule has 2 heterocycles. The van der Waals surface area contributed by atoms with Crippen LogP contribution in [0, 0.1) is 5.92 Å². The molecular weight excluding hydrogens is 154 g/mol. The predicted octanol–water partition coefficient (Wildman–Crippen LogP) is 0.211. The van der Waals surface area contributed by atoms with E-state index in [2.05, 4.69) is 17.2 Å². The SMILES string of the molecule is COCC1C=CN2CC[C@H](O)C12. The molecule has 0 saturated carbocycles. The molecule has 2 unspecified atom stereocenters. The first-order valence-electron chi connectivity index (χ1n) is 4.44. The maximum absolute atomic E-state index is 9.66. The van der Waals surface area contributed by atoms with Crippen molar-refractivity contribution in [3.63, 3.8) is 0 Å². The second kappa shape index (κ2) is 3.07. The van der Waals surface area contributed by atoms with E-state index >= 15 is 0 Å². The molecule has 0 aromatic carbocycles. The van der Waals surface area contributed by atoms with Gasteiger partial charge in [0.2, 0.25) is 0 Å². The van der Waals surface area contributed by atoms with Crippen LogP contribution in [0.3, 0.4) is 0 Å². The molecule has 3 nitrogen and oxygen atoms in total. The van der Waals surface area contributed by atoms with Crippen LogP contribution in [0.25, 0.3) is 0 Å². The second-order valence-corrected chi connectivity index (χ2v) is 3.55. The molecule has 12 heavy (non-hydrogen) atoms. The molecule has 0 bridgehead atoms. The lowest BCUT2D eigenvalue weighted by Crippen LogP contribution is -2.35. The van der Waals surface area contributed by atoms with Gasteiger partial charge in [-0.05, 0) is 12.6 Å². The fourth-order valence-electron chi connectivity index (χ4n) is 2.21. The number of nitrogens with zero attached hydrogens (tertiary/aromatic N) is 1. The first-order valence-corrected chi connectivity index (χ1v) is 4.44. The molecule has 0 amide bonds. The van der Waals surface area contributed by atoms with Crippen LogP contribution in [0.4, 0.5) is 0 Å². The molecule has 0 aromatic rings. The molecule has 0 radical (unpaired) electrons. The van der Waals surface area contributed by atoms with Crippen molar-refractivity contribution in [1.82, 2.24) is 4.90 Å².